The van der Waals surface area contributed by atoms with Gasteiger partial charge in [-0.05, 0) is 42.0 Å². The topological polar surface area (TPSA) is 69.3 Å². The van der Waals surface area contributed by atoms with E-state index in [1.807, 2.05) is 60.3 Å². The number of nitrogens with zero attached hydrogens (tertiary/aromatic N) is 2. The van der Waals surface area contributed by atoms with Crippen molar-refractivity contribution in [3.63, 3.8) is 0 Å². The van der Waals surface area contributed by atoms with Gasteiger partial charge in [-0.15, -0.1) is 0 Å². The summed E-state index contributed by atoms with van der Waals surface area (Å²) in [5.41, 5.74) is 1.60. The molecule has 0 aliphatic rings. The number of nitrogens with one attached hydrogen (secondary N) is 1. The van der Waals surface area contributed by atoms with Crippen LogP contribution < -0.4 is 10.1 Å². The fourth-order valence-corrected chi connectivity index (χ4v) is 3.45. The number of hydrogen-bond acceptors (Lipinski definition) is 4. The van der Waals surface area contributed by atoms with Crippen LogP contribution in [0.4, 0.5) is 0 Å². The molecule has 2 aromatic heterocycles. The lowest BCUT2D eigenvalue weighted by atomic mass is 10.1. The smallest absolute Gasteiger partial charge is 0.287 e. The second kappa shape index (κ2) is 8.47. The highest BCUT2D eigenvalue weighted by molar-refractivity contribution is 6.33. The zero-order chi connectivity index (χ0) is 21.1. The lowest BCUT2D eigenvalue weighted by molar-refractivity contribution is 0.0914. The number of rotatable bonds is 6. The summed E-state index contributed by atoms with van der Waals surface area (Å²) >= 11 is 6.24. The van der Waals surface area contributed by atoms with Crippen molar-refractivity contribution in [2.75, 3.05) is 7.11 Å². The van der Waals surface area contributed by atoms with Crippen molar-refractivity contribution in [1.29, 1.82) is 0 Å². The van der Waals surface area contributed by atoms with Crippen LogP contribution in [0.2, 0.25) is 5.02 Å². The summed E-state index contributed by atoms with van der Waals surface area (Å²) in [7, 11) is 3.49. The molecule has 0 saturated heterocycles. The van der Waals surface area contributed by atoms with Gasteiger partial charge in [0, 0.05) is 25.0 Å². The lowest BCUT2D eigenvalue weighted by Crippen LogP contribution is -2.30. The molecule has 1 atom stereocenters. The fraction of sp³-hybridized carbons (Fsp3) is 0.130. The third-order valence-electron chi connectivity index (χ3n) is 4.81. The maximum Gasteiger partial charge on any atom is 0.287 e. The van der Waals surface area contributed by atoms with Gasteiger partial charge in [0.1, 0.15) is 23.4 Å². The van der Waals surface area contributed by atoms with Crippen molar-refractivity contribution in [3.8, 4) is 17.1 Å². The average molecular weight is 422 g/mol. The predicted octanol–water partition coefficient (Wildman–Crippen LogP) is 4.86. The molecule has 4 aromatic rings. The molecule has 4 rings (SSSR count). The van der Waals surface area contributed by atoms with Gasteiger partial charge >= 0.3 is 0 Å². The maximum absolute atomic E-state index is 13.0. The molecule has 0 bridgehead atoms. The molecule has 152 valence electrons. The summed E-state index contributed by atoms with van der Waals surface area (Å²) in [5, 5.41) is 3.58. The van der Waals surface area contributed by atoms with E-state index in [0.29, 0.717) is 16.6 Å². The van der Waals surface area contributed by atoms with Crippen molar-refractivity contribution in [2.45, 2.75) is 6.04 Å². The normalized spacial score (nSPS) is 11.8. The van der Waals surface area contributed by atoms with Gasteiger partial charge in [-0.2, -0.15) is 0 Å². The first-order chi connectivity index (χ1) is 14.6. The van der Waals surface area contributed by atoms with Crippen LogP contribution in [-0.4, -0.2) is 22.6 Å². The molecule has 6 nitrogen and oxygen atoms in total. The van der Waals surface area contributed by atoms with E-state index in [0.717, 1.165) is 16.9 Å². The van der Waals surface area contributed by atoms with E-state index in [1.165, 1.54) is 0 Å². The number of methoxy groups -OCH3 is 1. The number of benzene rings is 2. The number of aryl methyl sites for hydroxylation is 1. The van der Waals surface area contributed by atoms with Crippen LogP contribution in [0.1, 0.15) is 28.0 Å². The van der Waals surface area contributed by atoms with E-state index in [4.69, 9.17) is 20.8 Å². The van der Waals surface area contributed by atoms with Gasteiger partial charge in [-0.25, -0.2) is 4.98 Å². The zero-order valence-electron chi connectivity index (χ0n) is 16.5. The molecule has 7 heteroatoms. The van der Waals surface area contributed by atoms with Crippen LogP contribution in [0.25, 0.3) is 11.3 Å². The second-order valence-corrected chi connectivity index (χ2v) is 7.13. The molecular weight excluding hydrogens is 402 g/mol. The monoisotopic (exact) mass is 421 g/mol. The molecule has 2 aromatic carbocycles. The molecule has 0 fully saturated rings. The number of carbonyl (C=O) groups is 1. The number of imidazole rings is 1. The number of furan rings is 1. The third-order valence-corrected chi connectivity index (χ3v) is 5.14. The first-order valence-corrected chi connectivity index (χ1v) is 9.71. The summed E-state index contributed by atoms with van der Waals surface area (Å²) < 4.78 is 12.9. The SMILES string of the molecule is COc1ccc(C(NC(=O)c2ccc(-c3ccccc3Cl)o2)c2nccn2C)cc1. The first kappa shape index (κ1) is 19.8. The van der Waals surface area contributed by atoms with Gasteiger partial charge in [-0.1, -0.05) is 35.9 Å². The Labute approximate surface area is 179 Å². The summed E-state index contributed by atoms with van der Waals surface area (Å²) in [6, 6.07) is 17.7. The van der Waals surface area contributed by atoms with Gasteiger partial charge in [0.15, 0.2) is 5.76 Å². The van der Waals surface area contributed by atoms with Gasteiger partial charge in [0.05, 0.1) is 12.1 Å². The number of carbonyl (C=O) groups excluding carboxylic acids is 1. The molecule has 0 spiro atoms. The Morgan fingerprint density at radius 2 is 1.90 bits per heavy atom. The van der Waals surface area contributed by atoms with Gasteiger partial charge in [0.2, 0.25) is 0 Å². The molecule has 1 amide bonds. The minimum atomic E-state index is -0.461. The van der Waals surface area contributed by atoms with Crippen LogP contribution >= 0.6 is 11.6 Å². The van der Waals surface area contributed by atoms with Crippen LogP contribution in [0, 0.1) is 0 Å². The average Bonchev–Trinajstić information content (AvgIpc) is 3.42. The predicted molar refractivity (Wildman–Crippen MR) is 115 cm³/mol. The molecule has 1 unspecified atom stereocenters. The van der Waals surface area contributed by atoms with Gasteiger partial charge < -0.3 is 19.0 Å². The summed E-state index contributed by atoms with van der Waals surface area (Å²) in [6.45, 7) is 0. The van der Waals surface area contributed by atoms with E-state index in [1.54, 1.807) is 31.5 Å². The van der Waals surface area contributed by atoms with Crippen LogP contribution in [0.3, 0.4) is 0 Å². The van der Waals surface area contributed by atoms with Crippen LogP contribution in [0.5, 0.6) is 5.75 Å². The summed E-state index contributed by atoms with van der Waals surface area (Å²) in [5.74, 6) is 1.81. The number of aromatic nitrogens is 2. The minimum absolute atomic E-state index is 0.192. The van der Waals surface area contributed by atoms with E-state index < -0.39 is 6.04 Å². The van der Waals surface area contributed by atoms with E-state index >= 15 is 0 Å². The number of halogens is 1. The lowest BCUT2D eigenvalue weighted by Gasteiger charge is -2.19. The van der Waals surface area contributed by atoms with Crippen molar-refractivity contribution in [1.82, 2.24) is 14.9 Å². The van der Waals surface area contributed by atoms with Crippen molar-refractivity contribution in [3.05, 3.63) is 95.2 Å². The zero-order valence-corrected chi connectivity index (χ0v) is 17.3. The molecule has 1 N–H and O–H groups in total. The molecule has 30 heavy (non-hydrogen) atoms. The first-order valence-electron chi connectivity index (χ1n) is 9.33. The van der Waals surface area contributed by atoms with Crippen molar-refractivity contribution < 1.29 is 13.9 Å². The fourth-order valence-electron chi connectivity index (χ4n) is 3.22. The highest BCUT2D eigenvalue weighted by Gasteiger charge is 2.23. The van der Waals surface area contributed by atoms with Crippen LogP contribution in [-0.2, 0) is 7.05 Å². The number of ether oxygens (including phenoxy) is 1. The van der Waals surface area contributed by atoms with Crippen molar-refractivity contribution in [2.24, 2.45) is 7.05 Å². The highest BCUT2D eigenvalue weighted by Crippen LogP contribution is 2.29. The minimum Gasteiger partial charge on any atom is -0.497 e. The van der Waals surface area contributed by atoms with Gasteiger partial charge in [0.25, 0.3) is 5.91 Å². The molecule has 0 radical (unpaired) electrons. The maximum atomic E-state index is 13.0. The van der Waals surface area contributed by atoms with Crippen LogP contribution in [0.15, 0.2) is 77.5 Å². The van der Waals surface area contributed by atoms with Crippen molar-refractivity contribution >= 4 is 17.5 Å². The van der Waals surface area contributed by atoms with Gasteiger partial charge in [-0.3, -0.25) is 4.79 Å². The molecule has 0 saturated carbocycles. The quantitative estimate of drug-likeness (QED) is 0.482. The third kappa shape index (κ3) is 3.95. The Morgan fingerprint density at radius 1 is 1.13 bits per heavy atom. The molecule has 0 aliphatic carbocycles. The molecule has 2 heterocycles. The standard InChI is InChI=1S/C23H20ClN3O3/c1-27-14-13-25-22(27)21(15-7-9-16(29-2)10-8-15)26-23(28)20-12-11-19(30-20)17-5-3-4-6-18(17)24/h3-14,21H,1-2H3,(H,26,28). The Bertz CT molecular complexity index is 1160. The second-order valence-electron chi connectivity index (χ2n) is 6.72. The Hall–Kier alpha value is -3.51. The van der Waals surface area contributed by atoms with E-state index in [9.17, 15) is 4.79 Å². The highest BCUT2D eigenvalue weighted by atomic mass is 35.5. The molecular formula is C23H20ClN3O3. The summed E-state index contributed by atoms with van der Waals surface area (Å²) in [6.07, 6.45) is 3.53. The number of hydrogen-bond donors (Lipinski definition) is 1. The largest absolute Gasteiger partial charge is 0.497 e. The Kier molecular flexibility index (Phi) is 5.59. The van der Waals surface area contributed by atoms with E-state index in [-0.39, 0.29) is 11.7 Å². The van der Waals surface area contributed by atoms with E-state index in [2.05, 4.69) is 10.3 Å². The Balaban J connectivity index is 1.62. The Morgan fingerprint density at radius 3 is 2.57 bits per heavy atom. The number of amides is 1. The summed E-state index contributed by atoms with van der Waals surface area (Å²) in [4.78, 5) is 17.4. The molecule has 0 aliphatic heterocycles.